The molecule has 0 bridgehead atoms. The second-order valence-electron chi connectivity index (χ2n) is 15.7. The predicted molar refractivity (Wildman–Crippen MR) is 153 cm³/mol. The van der Waals surface area contributed by atoms with Crippen LogP contribution in [0.25, 0.3) is 0 Å². The lowest BCUT2D eigenvalue weighted by Gasteiger charge is -2.61. The van der Waals surface area contributed by atoms with Crippen LogP contribution in [0.2, 0.25) is 0 Å². The molecular formula is C33H54O9. The molecule has 2 saturated heterocycles. The van der Waals surface area contributed by atoms with Gasteiger partial charge in [0.1, 0.15) is 24.4 Å². The largest absolute Gasteiger partial charge is 0.460 e. The average Bonchev–Trinajstić information content (AvgIpc) is 3.42. The number of aliphatic hydroxyl groups is 5. The molecule has 2 aliphatic heterocycles. The summed E-state index contributed by atoms with van der Waals surface area (Å²) >= 11 is 0. The molecule has 6 fully saturated rings. The average molecular weight is 595 g/mol. The third kappa shape index (κ3) is 4.79. The highest BCUT2D eigenvalue weighted by Gasteiger charge is 2.69. The van der Waals surface area contributed by atoms with E-state index in [1.54, 1.807) is 0 Å². The molecule has 0 aromatic heterocycles. The Morgan fingerprint density at radius 2 is 1.64 bits per heavy atom. The van der Waals surface area contributed by atoms with Gasteiger partial charge >= 0.3 is 5.97 Å². The summed E-state index contributed by atoms with van der Waals surface area (Å²) in [5.41, 5.74) is 0.461. The highest BCUT2D eigenvalue weighted by atomic mass is 16.7. The maximum atomic E-state index is 12.6. The Morgan fingerprint density at radius 1 is 0.905 bits per heavy atom. The molecule has 42 heavy (non-hydrogen) atoms. The fraction of sp³-hybridized carbons (Fsp3) is 0.970. The quantitative estimate of drug-likeness (QED) is 0.293. The zero-order valence-corrected chi connectivity index (χ0v) is 25.9. The number of hydrogen-bond acceptors (Lipinski definition) is 9. The molecule has 5 N–H and O–H groups in total. The Hall–Kier alpha value is -0.810. The second-order valence-corrected chi connectivity index (χ2v) is 15.7. The van der Waals surface area contributed by atoms with Gasteiger partial charge in [0.2, 0.25) is 0 Å². The van der Waals surface area contributed by atoms with Crippen LogP contribution in [0.15, 0.2) is 0 Å². The van der Waals surface area contributed by atoms with Gasteiger partial charge in [0.05, 0.1) is 19.3 Å². The minimum Gasteiger partial charge on any atom is -0.460 e. The number of ether oxygens (including phenoxy) is 3. The van der Waals surface area contributed by atoms with E-state index in [9.17, 15) is 25.2 Å². The maximum Gasteiger partial charge on any atom is 0.338 e. The number of carbonyl (C=O) groups is 1. The first-order chi connectivity index (χ1) is 19.8. The van der Waals surface area contributed by atoms with Crippen molar-refractivity contribution in [3.8, 4) is 0 Å². The highest BCUT2D eigenvalue weighted by molar-refractivity contribution is 5.75. The monoisotopic (exact) mass is 594 g/mol. The van der Waals surface area contributed by atoms with Crippen LogP contribution in [0.5, 0.6) is 0 Å². The standard InChI is InChI=1S/C33H54O9/c1-17-7-12-33(40-16-17)18(2)26-25(42-33)14-23-21-6-5-19-13-20(8-10-31(19,3)22(21)9-11-32(23,26)4)41-30(39)29(38)28(37)27(36)24(35)15-34/h17-29,34-38H,5-16H2,1-4H3/t17-,18+,19+,20+,21?,22?,23+,24-,25?,26?,27+,28+,29-,31+,32+,33-/m1/s1. The minimum atomic E-state index is -1.99. The molecule has 0 aromatic rings. The zero-order chi connectivity index (χ0) is 30.2. The molecule has 2 heterocycles. The first-order valence-electron chi connectivity index (χ1n) is 16.7. The lowest BCUT2D eigenvalue weighted by atomic mass is 9.44. The number of rotatable bonds is 6. The smallest absolute Gasteiger partial charge is 0.338 e. The van der Waals surface area contributed by atoms with E-state index in [0.29, 0.717) is 54.0 Å². The molecule has 9 nitrogen and oxygen atoms in total. The SMILES string of the molecule is C[C@@H]1CC[C@@]2(OC1)OC1C[C@H]3C4CC[C@H]5C[C@@H](OC(=O)[C@H](O)[C@@H](O)[C@@H](O)[C@H](O)CO)CC[C@]5(C)C4CC[C@]3(C)C1[C@@H]2C. The molecule has 6 aliphatic rings. The van der Waals surface area contributed by atoms with Crippen LogP contribution in [0.3, 0.4) is 0 Å². The van der Waals surface area contributed by atoms with E-state index in [1.807, 2.05) is 0 Å². The van der Waals surface area contributed by atoms with Gasteiger partial charge in [-0.1, -0.05) is 27.7 Å². The number of hydrogen-bond donors (Lipinski definition) is 5. The third-order valence-electron chi connectivity index (χ3n) is 13.7. The van der Waals surface area contributed by atoms with Gasteiger partial charge in [0.15, 0.2) is 11.9 Å². The molecule has 240 valence electrons. The van der Waals surface area contributed by atoms with Crippen LogP contribution >= 0.6 is 0 Å². The molecule has 16 atom stereocenters. The van der Waals surface area contributed by atoms with Gasteiger partial charge < -0.3 is 39.7 Å². The number of esters is 1. The summed E-state index contributed by atoms with van der Waals surface area (Å²) in [5.74, 6) is 2.62. The molecule has 4 saturated carbocycles. The highest BCUT2D eigenvalue weighted by Crippen LogP contribution is 2.71. The lowest BCUT2D eigenvalue weighted by Crippen LogP contribution is -2.55. The van der Waals surface area contributed by atoms with E-state index < -0.39 is 37.0 Å². The third-order valence-corrected chi connectivity index (χ3v) is 13.7. The molecule has 1 spiro atoms. The first-order valence-corrected chi connectivity index (χ1v) is 16.7. The van der Waals surface area contributed by atoms with Crippen LogP contribution in [0, 0.1) is 52.3 Å². The summed E-state index contributed by atoms with van der Waals surface area (Å²) in [5, 5.41) is 48.8. The summed E-state index contributed by atoms with van der Waals surface area (Å²) in [7, 11) is 0. The Bertz CT molecular complexity index is 998. The molecule has 0 radical (unpaired) electrons. The number of fused-ring (bicyclic) bond motifs is 7. The van der Waals surface area contributed by atoms with Crippen molar-refractivity contribution < 1.29 is 44.5 Å². The second kappa shape index (κ2) is 11.2. The van der Waals surface area contributed by atoms with Crippen molar-refractivity contribution in [2.75, 3.05) is 13.2 Å². The van der Waals surface area contributed by atoms with Crippen LogP contribution in [0.4, 0.5) is 0 Å². The van der Waals surface area contributed by atoms with Crippen molar-refractivity contribution in [2.45, 2.75) is 134 Å². The van der Waals surface area contributed by atoms with Crippen molar-refractivity contribution >= 4 is 5.97 Å². The van der Waals surface area contributed by atoms with E-state index in [4.69, 9.17) is 19.3 Å². The summed E-state index contributed by atoms with van der Waals surface area (Å²) in [6.07, 6.45) is 2.98. The summed E-state index contributed by atoms with van der Waals surface area (Å²) in [6.45, 7) is 9.69. The lowest BCUT2D eigenvalue weighted by molar-refractivity contribution is -0.273. The van der Waals surface area contributed by atoms with Gasteiger partial charge in [-0.05, 0) is 104 Å². The van der Waals surface area contributed by atoms with E-state index >= 15 is 0 Å². The van der Waals surface area contributed by atoms with Gasteiger partial charge in [0.25, 0.3) is 0 Å². The minimum absolute atomic E-state index is 0.181. The van der Waals surface area contributed by atoms with E-state index in [0.717, 1.165) is 38.7 Å². The predicted octanol–water partition coefficient (Wildman–Crippen LogP) is 2.78. The fourth-order valence-corrected chi connectivity index (χ4v) is 11.2. The molecular weight excluding hydrogens is 540 g/mol. The first kappa shape index (κ1) is 31.2. The number of carbonyl (C=O) groups excluding carboxylic acids is 1. The van der Waals surface area contributed by atoms with E-state index in [1.165, 1.54) is 25.7 Å². The van der Waals surface area contributed by atoms with Crippen LogP contribution < -0.4 is 0 Å². The molecule has 4 aliphatic carbocycles. The summed E-state index contributed by atoms with van der Waals surface area (Å²) in [6, 6.07) is 0. The molecule has 4 unspecified atom stereocenters. The van der Waals surface area contributed by atoms with E-state index in [2.05, 4.69) is 27.7 Å². The van der Waals surface area contributed by atoms with Crippen molar-refractivity contribution in [3.63, 3.8) is 0 Å². The summed E-state index contributed by atoms with van der Waals surface area (Å²) in [4.78, 5) is 12.6. The normalized spacial score (nSPS) is 51.0. The van der Waals surface area contributed by atoms with Crippen molar-refractivity contribution in [3.05, 3.63) is 0 Å². The van der Waals surface area contributed by atoms with Crippen molar-refractivity contribution in [1.82, 2.24) is 0 Å². The Balaban J connectivity index is 1.09. The Kier molecular flexibility index (Phi) is 8.33. The van der Waals surface area contributed by atoms with Gasteiger partial charge in [-0.2, -0.15) is 0 Å². The van der Waals surface area contributed by atoms with E-state index in [-0.39, 0.29) is 22.7 Å². The van der Waals surface area contributed by atoms with Gasteiger partial charge in [-0.15, -0.1) is 0 Å². The number of aliphatic hydroxyl groups excluding tert-OH is 5. The van der Waals surface area contributed by atoms with Crippen LogP contribution in [-0.2, 0) is 19.0 Å². The molecule has 0 amide bonds. The topological polar surface area (TPSA) is 146 Å². The zero-order valence-electron chi connectivity index (χ0n) is 25.9. The van der Waals surface area contributed by atoms with Crippen LogP contribution in [0.1, 0.15) is 91.9 Å². The summed E-state index contributed by atoms with van der Waals surface area (Å²) < 4.78 is 19.0. The molecule has 6 rings (SSSR count). The van der Waals surface area contributed by atoms with Gasteiger partial charge in [0, 0.05) is 12.3 Å². The Morgan fingerprint density at radius 3 is 2.33 bits per heavy atom. The van der Waals surface area contributed by atoms with Crippen LogP contribution in [-0.4, -0.2) is 87.1 Å². The molecule has 0 aromatic carbocycles. The van der Waals surface area contributed by atoms with Gasteiger partial charge in [-0.25, -0.2) is 4.79 Å². The van der Waals surface area contributed by atoms with Crippen molar-refractivity contribution in [2.24, 2.45) is 52.3 Å². The van der Waals surface area contributed by atoms with Crippen molar-refractivity contribution in [1.29, 1.82) is 0 Å². The fourth-order valence-electron chi connectivity index (χ4n) is 11.2. The maximum absolute atomic E-state index is 12.6. The van der Waals surface area contributed by atoms with Gasteiger partial charge in [-0.3, -0.25) is 0 Å². The molecule has 9 heteroatoms. The Labute approximate surface area is 250 Å².